The van der Waals surface area contributed by atoms with E-state index in [1.807, 2.05) is 12.1 Å². The second-order valence-corrected chi connectivity index (χ2v) is 5.36. The molecular weight excluding hydrogens is 268 g/mol. The van der Waals surface area contributed by atoms with E-state index in [9.17, 15) is 0 Å². The van der Waals surface area contributed by atoms with Crippen LogP contribution in [0.25, 0.3) is 0 Å². The quantitative estimate of drug-likeness (QED) is 0.540. The van der Waals surface area contributed by atoms with Gasteiger partial charge in [0.25, 0.3) is 0 Å². The lowest BCUT2D eigenvalue weighted by atomic mass is 10.00. The molecular formula is C17H21ClN2. The summed E-state index contributed by atoms with van der Waals surface area (Å²) in [5.74, 6) is 0. The van der Waals surface area contributed by atoms with Gasteiger partial charge in [0.2, 0.25) is 0 Å². The van der Waals surface area contributed by atoms with Gasteiger partial charge in [0, 0.05) is 11.9 Å². The number of nitrogens with zero attached hydrogens (tertiary/aromatic N) is 1. The zero-order valence-corrected chi connectivity index (χ0v) is 12.6. The van der Waals surface area contributed by atoms with Crippen molar-refractivity contribution in [2.75, 3.05) is 5.32 Å². The average Bonchev–Trinajstić information content (AvgIpc) is 2.47. The zero-order valence-electron chi connectivity index (χ0n) is 11.8. The molecule has 2 rings (SSSR count). The first kappa shape index (κ1) is 14.9. The number of hydrogen-bond donors (Lipinski definition) is 1. The highest BCUT2D eigenvalue weighted by atomic mass is 35.5. The first-order valence-electron chi connectivity index (χ1n) is 7.22. The van der Waals surface area contributed by atoms with Crippen molar-refractivity contribution in [3.05, 3.63) is 59.4 Å². The van der Waals surface area contributed by atoms with E-state index in [2.05, 4.69) is 47.6 Å². The van der Waals surface area contributed by atoms with Crippen molar-refractivity contribution in [1.82, 2.24) is 4.98 Å². The normalized spacial score (nSPS) is 12.1. The van der Waals surface area contributed by atoms with Crippen LogP contribution < -0.4 is 5.32 Å². The maximum Gasteiger partial charge on any atom is 0.131 e. The Balaban J connectivity index is 2.10. The molecule has 2 nitrogen and oxygen atoms in total. The van der Waals surface area contributed by atoms with Crippen LogP contribution in [0.3, 0.4) is 0 Å². The minimum absolute atomic E-state index is 0.321. The first-order valence-corrected chi connectivity index (χ1v) is 7.60. The van der Waals surface area contributed by atoms with Gasteiger partial charge in [0.1, 0.15) is 5.15 Å². The molecule has 0 spiro atoms. The highest BCUT2D eigenvalue weighted by Crippen LogP contribution is 2.25. The van der Waals surface area contributed by atoms with Crippen LogP contribution in [-0.4, -0.2) is 4.98 Å². The lowest BCUT2D eigenvalue weighted by Gasteiger charge is -2.20. The number of hydrogen-bond acceptors (Lipinski definition) is 2. The molecule has 20 heavy (non-hydrogen) atoms. The summed E-state index contributed by atoms with van der Waals surface area (Å²) in [5, 5.41) is 4.09. The molecule has 2 aromatic rings. The minimum atomic E-state index is 0.321. The van der Waals surface area contributed by atoms with Gasteiger partial charge in [-0.05, 0) is 24.1 Å². The molecule has 0 saturated carbocycles. The van der Waals surface area contributed by atoms with Crippen molar-refractivity contribution < 1.29 is 0 Å². The number of pyridine rings is 1. The summed E-state index contributed by atoms with van der Waals surface area (Å²) in [6, 6.07) is 14.7. The maximum absolute atomic E-state index is 5.95. The van der Waals surface area contributed by atoms with E-state index >= 15 is 0 Å². The summed E-state index contributed by atoms with van der Waals surface area (Å²) in [6.45, 7) is 2.23. The Morgan fingerprint density at radius 1 is 1.15 bits per heavy atom. The summed E-state index contributed by atoms with van der Waals surface area (Å²) in [5.41, 5.74) is 2.34. The topological polar surface area (TPSA) is 24.9 Å². The molecule has 0 aliphatic rings. The third kappa shape index (κ3) is 4.53. The van der Waals surface area contributed by atoms with Gasteiger partial charge in [-0.25, -0.2) is 4.98 Å². The van der Waals surface area contributed by atoms with E-state index in [1.54, 1.807) is 6.20 Å². The van der Waals surface area contributed by atoms with Gasteiger partial charge in [-0.15, -0.1) is 0 Å². The van der Waals surface area contributed by atoms with E-state index < -0.39 is 0 Å². The van der Waals surface area contributed by atoms with Crippen LogP contribution in [0.1, 0.15) is 44.2 Å². The summed E-state index contributed by atoms with van der Waals surface area (Å²) in [7, 11) is 0. The van der Waals surface area contributed by atoms with E-state index in [1.165, 1.54) is 24.8 Å². The van der Waals surface area contributed by atoms with Gasteiger partial charge >= 0.3 is 0 Å². The minimum Gasteiger partial charge on any atom is -0.378 e. The number of benzene rings is 1. The molecule has 106 valence electrons. The number of anilines is 1. The van der Waals surface area contributed by atoms with Gasteiger partial charge in [0.15, 0.2) is 0 Å². The molecule has 0 aliphatic heterocycles. The molecule has 0 amide bonds. The Kier molecular flexibility index (Phi) is 5.87. The Bertz CT molecular complexity index is 513. The fourth-order valence-corrected chi connectivity index (χ4v) is 2.47. The van der Waals surface area contributed by atoms with Crippen molar-refractivity contribution in [3.8, 4) is 0 Å². The van der Waals surface area contributed by atoms with Gasteiger partial charge in [-0.3, -0.25) is 0 Å². The highest BCUT2D eigenvalue weighted by molar-refractivity contribution is 6.29. The SMILES string of the molecule is CCCCCC(Nc1ccnc(Cl)c1)c1ccccc1. The van der Waals surface area contributed by atoms with Crippen LogP contribution in [0.5, 0.6) is 0 Å². The monoisotopic (exact) mass is 288 g/mol. The number of unbranched alkanes of at least 4 members (excludes halogenated alkanes) is 2. The molecule has 0 aliphatic carbocycles. The third-order valence-corrected chi connectivity index (χ3v) is 3.57. The summed E-state index contributed by atoms with van der Waals surface area (Å²) < 4.78 is 0. The molecule has 1 heterocycles. The van der Waals surface area contributed by atoms with E-state index in [0.29, 0.717) is 11.2 Å². The zero-order chi connectivity index (χ0) is 14.2. The molecule has 1 N–H and O–H groups in total. The lowest BCUT2D eigenvalue weighted by molar-refractivity contribution is 0.606. The molecule has 1 aromatic carbocycles. The highest BCUT2D eigenvalue weighted by Gasteiger charge is 2.11. The first-order chi connectivity index (χ1) is 9.79. The number of nitrogens with one attached hydrogen (secondary N) is 1. The predicted octanol–water partition coefficient (Wildman–Crippen LogP) is 5.47. The van der Waals surface area contributed by atoms with Crippen LogP contribution in [0.2, 0.25) is 5.15 Å². The fourth-order valence-electron chi connectivity index (χ4n) is 2.30. The van der Waals surface area contributed by atoms with Gasteiger partial charge in [0.05, 0.1) is 6.04 Å². The Morgan fingerprint density at radius 3 is 2.65 bits per heavy atom. The summed E-state index contributed by atoms with van der Waals surface area (Å²) in [4.78, 5) is 4.02. The van der Waals surface area contributed by atoms with Crippen molar-refractivity contribution in [2.45, 2.75) is 38.6 Å². The molecule has 0 radical (unpaired) electrons. The van der Waals surface area contributed by atoms with Crippen molar-refractivity contribution >= 4 is 17.3 Å². The average molecular weight is 289 g/mol. The number of aromatic nitrogens is 1. The second kappa shape index (κ2) is 7.91. The van der Waals surface area contributed by atoms with Gasteiger partial charge in [-0.1, -0.05) is 68.1 Å². The smallest absolute Gasteiger partial charge is 0.131 e. The molecule has 1 atom stereocenters. The standard InChI is InChI=1S/C17H21ClN2/c1-2-3-5-10-16(14-8-6-4-7-9-14)20-15-11-12-19-17(18)13-15/h4,6-9,11-13,16H,2-3,5,10H2,1H3,(H,19,20). The van der Waals surface area contributed by atoms with Crippen LogP contribution in [0.4, 0.5) is 5.69 Å². The van der Waals surface area contributed by atoms with Crippen LogP contribution >= 0.6 is 11.6 Å². The third-order valence-electron chi connectivity index (χ3n) is 3.37. The molecule has 1 aromatic heterocycles. The van der Waals surface area contributed by atoms with E-state index in [4.69, 9.17) is 11.6 Å². The largest absolute Gasteiger partial charge is 0.378 e. The second-order valence-electron chi connectivity index (χ2n) is 4.97. The predicted molar refractivity (Wildman–Crippen MR) is 86.2 cm³/mol. The van der Waals surface area contributed by atoms with E-state index in [-0.39, 0.29) is 0 Å². The molecule has 3 heteroatoms. The molecule has 1 unspecified atom stereocenters. The maximum atomic E-state index is 5.95. The lowest BCUT2D eigenvalue weighted by Crippen LogP contribution is -2.10. The van der Waals surface area contributed by atoms with Gasteiger partial charge < -0.3 is 5.32 Å². The fraction of sp³-hybridized carbons (Fsp3) is 0.353. The van der Waals surface area contributed by atoms with E-state index in [0.717, 1.165) is 12.1 Å². The molecule has 0 fully saturated rings. The number of halogens is 1. The summed E-state index contributed by atoms with van der Waals surface area (Å²) in [6.07, 6.45) is 6.59. The van der Waals surface area contributed by atoms with Crippen LogP contribution in [0.15, 0.2) is 48.7 Å². The Labute approximate surface area is 126 Å². The molecule has 0 bridgehead atoms. The van der Waals surface area contributed by atoms with Crippen molar-refractivity contribution in [1.29, 1.82) is 0 Å². The van der Waals surface area contributed by atoms with Gasteiger partial charge in [-0.2, -0.15) is 0 Å². The van der Waals surface area contributed by atoms with Crippen LogP contribution in [0, 0.1) is 0 Å². The summed E-state index contributed by atoms with van der Waals surface area (Å²) >= 11 is 5.95. The van der Waals surface area contributed by atoms with Crippen molar-refractivity contribution in [2.24, 2.45) is 0 Å². The Morgan fingerprint density at radius 2 is 1.95 bits per heavy atom. The Hall–Kier alpha value is -1.54. The number of rotatable bonds is 7. The van der Waals surface area contributed by atoms with Crippen molar-refractivity contribution in [3.63, 3.8) is 0 Å². The molecule has 0 saturated heterocycles. The van der Waals surface area contributed by atoms with Crippen LogP contribution in [-0.2, 0) is 0 Å².